The summed E-state index contributed by atoms with van der Waals surface area (Å²) in [5.74, 6) is -3.85. The highest BCUT2D eigenvalue weighted by molar-refractivity contribution is 5.76. The molecule has 12 heteroatoms. The maximum absolute atomic E-state index is 14.3. The van der Waals surface area contributed by atoms with Gasteiger partial charge in [-0.1, -0.05) is 30.3 Å². The lowest BCUT2D eigenvalue weighted by Gasteiger charge is -2.27. The Balaban J connectivity index is 1.66. The zero-order valence-electron chi connectivity index (χ0n) is 20.7. The zero-order chi connectivity index (χ0) is 28.5. The van der Waals surface area contributed by atoms with Gasteiger partial charge in [-0.05, 0) is 55.8 Å². The SMILES string of the molecule is CC(C)(NC(=O)Cn1nc(-c2ccc(F)c(F)c2)n(Cc2ccccc2F)c1=O)c1cccc(C(F)(F)F)c1. The fourth-order valence-electron chi connectivity index (χ4n) is 4.01. The summed E-state index contributed by atoms with van der Waals surface area (Å²) in [5.41, 5.74) is -2.71. The highest BCUT2D eigenvalue weighted by Gasteiger charge is 2.33. The third kappa shape index (κ3) is 6.05. The molecule has 0 unspecified atom stereocenters. The number of benzene rings is 3. The normalized spacial score (nSPS) is 12.0. The minimum Gasteiger partial charge on any atom is -0.346 e. The molecule has 0 bridgehead atoms. The molecule has 6 nitrogen and oxygen atoms in total. The van der Waals surface area contributed by atoms with Gasteiger partial charge in [-0.25, -0.2) is 22.6 Å². The molecule has 0 aliphatic rings. The lowest BCUT2D eigenvalue weighted by Crippen LogP contribution is -2.44. The predicted molar refractivity (Wildman–Crippen MR) is 130 cm³/mol. The Morgan fingerprint density at radius 3 is 2.23 bits per heavy atom. The van der Waals surface area contributed by atoms with Crippen molar-refractivity contribution in [2.24, 2.45) is 0 Å². The Bertz CT molecular complexity index is 1590. The first-order chi connectivity index (χ1) is 18.3. The highest BCUT2D eigenvalue weighted by Crippen LogP contribution is 2.32. The Morgan fingerprint density at radius 1 is 0.872 bits per heavy atom. The Kier molecular flexibility index (Phi) is 7.40. The predicted octanol–water partition coefficient (Wildman–Crippen LogP) is 5.25. The Morgan fingerprint density at radius 2 is 1.56 bits per heavy atom. The van der Waals surface area contributed by atoms with Crippen molar-refractivity contribution in [3.63, 3.8) is 0 Å². The molecule has 0 atom stereocenters. The third-order valence-corrected chi connectivity index (χ3v) is 6.04. The van der Waals surface area contributed by atoms with E-state index in [1.807, 2.05) is 0 Å². The number of nitrogens with zero attached hydrogens (tertiary/aromatic N) is 3. The fraction of sp³-hybridized carbons (Fsp3) is 0.222. The van der Waals surface area contributed by atoms with E-state index in [-0.39, 0.29) is 29.1 Å². The van der Waals surface area contributed by atoms with E-state index in [2.05, 4.69) is 10.4 Å². The summed E-state index contributed by atoms with van der Waals surface area (Å²) in [6, 6.07) is 12.9. The van der Waals surface area contributed by atoms with Crippen molar-refractivity contribution in [2.45, 2.75) is 38.7 Å². The number of hydrogen-bond donors (Lipinski definition) is 1. The molecule has 4 rings (SSSR count). The van der Waals surface area contributed by atoms with Crippen molar-refractivity contribution < 1.29 is 31.1 Å². The molecular weight excluding hydrogens is 526 g/mol. The van der Waals surface area contributed by atoms with Gasteiger partial charge >= 0.3 is 11.9 Å². The minimum atomic E-state index is -4.58. The van der Waals surface area contributed by atoms with E-state index in [4.69, 9.17) is 0 Å². The molecule has 0 spiro atoms. The number of carbonyl (C=O) groups excluding carboxylic acids is 1. The molecule has 1 N–H and O–H groups in total. The van der Waals surface area contributed by atoms with Crippen LogP contribution >= 0.6 is 0 Å². The number of aromatic nitrogens is 3. The second kappa shape index (κ2) is 10.4. The molecule has 3 aromatic carbocycles. The number of amides is 1. The van der Waals surface area contributed by atoms with Crippen LogP contribution in [-0.4, -0.2) is 20.3 Å². The first-order valence-electron chi connectivity index (χ1n) is 11.6. The number of nitrogens with one attached hydrogen (secondary N) is 1. The molecular formula is C27H22F6N4O2. The first-order valence-corrected chi connectivity index (χ1v) is 11.6. The van der Waals surface area contributed by atoms with E-state index >= 15 is 0 Å². The molecule has 0 saturated carbocycles. The average Bonchev–Trinajstić information content (AvgIpc) is 3.16. The minimum absolute atomic E-state index is 0.00536. The molecule has 1 amide bonds. The standard InChI is InChI=1S/C27H22F6N4O2/c1-26(2,18-7-5-8-19(13-18)27(31,32)33)34-23(38)15-37-25(39)36(14-17-6-3-4-9-20(17)28)24(35-37)16-10-11-21(29)22(30)12-16/h3-13H,14-15H2,1-2H3,(H,34,38). The van der Waals surface area contributed by atoms with Crippen LogP contribution in [-0.2, 0) is 29.6 Å². The summed E-state index contributed by atoms with van der Waals surface area (Å²) in [7, 11) is 0. The molecule has 204 valence electrons. The monoisotopic (exact) mass is 548 g/mol. The van der Waals surface area contributed by atoms with Gasteiger partial charge in [-0.2, -0.15) is 13.2 Å². The van der Waals surface area contributed by atoms with Gasteiger partial charge in [0.2, 0.25) is 5.91 Å². The van der Waals surface area contributed by atoms with Gasteiger partial charge in [0.1, 0.15) is 12.4 Å². The smallest absolute Gasteiger partial charge is 0.346 e. The Hall–Kier alpha value is -4.35. The van der Waals surface area contributed by atoms with E-state index in [0.29, 0.717) is 0 Å². The lowest BCUT2D eigenvalue weighted by molar-refractivity contribution is -0.137. The lowest BCUT2D eigenvalue weighted by atomic mass is 9.92. The number of rotatable bonds is 7. The summed E-state index contributed by atoms with van der Waals surface area (Å²) in [6.45, 7) is 2.01. The fourth-order valence-corrected chi connectivity index (χ4v) is 4.01. The van der Waals surface area contributed by atoms with Gasteiger partial charge in [0, 0.05) is 11.1 Å². The van der Waals surface area contributed by atoms with Crippen LogP contribution in [0.3, 0.4) is 0 Å². The van der Waals surface area contributed by atoms with E-state index in [0.717, 1.165) is 33.5 Å². The van der Waals surface area contributed by atoms with Crippen LogP contribution in [0, 0.1) is 17.5 Å². The van der Waals surface area contributed by atoms with Crippen LogP contribution in [0.4, 0.5) is 26.3 Å². The van der Waals surface area contributed by atoms with Crippen molar-refractivity contribution >= 4 is 5.91 Å². The number of halogens is 6. The maximum Gasteiger partial charge on any atom is 0.416 e. The number of hydrogen-bond acceptors (Lipinski definition) is 3. The van der Waals surface area contributed by atoms with Crippen LogP contribution < -0.4 is 11.0 Å². The van der Waals surface area contributed by atoms with Crippen molar-refractivity contribution in [3.8, 4) is 11.4 Å². The van der Waals surface area contributed by atoms with E-state index in [1.54, 1.807) is 6.07 Å². The highest BCUT2D eigenvalue weighted by atomic mass is 19.4. The van der Waals surface area contributed by atoms with Gasteiger partial charge < -0.3 is 5.32 Å². The number of alkyl halides is 3. The summed E-state index contributed by atoms with van der Waals surface area (Å²) in [6.07, 6.45) is -4.58. The maximum atomic E-state index is 14.3. The van der Waals surface area contributed by atoms with E-state index in [1.165, 1.54) is 50.2 Å². The second-order valence-corrected chi connectivity index (χ2v) is 9.32. The van der Waals surface area contributed by atoms with Crippen molar-refractivity contribution in [2.75, 3.05) is 0 Å². The molecule has 0 aliphatic heterocycles. The topological polar surface area (TPSA) is 68.9 Å². The Labute approximate surface area is 218 Å². The van der Waals surface area contributed by atoms with Crippen LogP contribution in [0.25, 0.3) is 11.4 Å². The summed E-state index contributed by atoms with van der Waals surface area (Å²) < 4.78 is 83.1. The van der Waals surface area contributed by atoms with Gasteiger partial charge in [-0.3, -0.25) is 9.36 Å². The van der Waals surface area contributed by atoms with Gasteiger partial charge in [0.15, 0.2) is 17.5 Å². The van der Waals surface area contributed by atoms with E-state index < -0.39 is 52.9 Å². The van der Waals surface area contributed by atoms with Crippen molar-refractivity contribution in [1.29, 1.82) is 0 Å². The summed E-state index contributed by atoms with van der Waals surface area (Å²) >= 11 is 0. The van der Waals surface area contributed by atoms with Gasteiger partial charge in [0.25, 0.3) is 0 Å². The molecule has 1 heterocycles. The first kappa shape index (κ1) is 27.7. The summed E-state index contributed by atoms with van der Waals surface area (Å²) in [4.78, 5) is 26.1. The molecule has 1 aromatic heterocycles. The quantitative estimate of drug-likeness (QED) is 0.321. The van der Waals surface area contributed by atoms with Gasteiger partial charge in [0.05, 0.1) is 17.6 Å². The molecule has 0 radical (unpaired) electrons. The van der Waals surface area contributed by atoms with Gasteiger partial charge in [-0.15, -0.1) is 5.10 Å². The summed E-state index contributed by atoms with van der Waals surface area (Å²) in [5, 5.41) is 6.70. The largest absolute Gasteiger partial charge is 0.416 e. The number of carbonyl (C=O) groups is 1. The van der Waals surface area contributed by atoms with Crippen molar-refractivity contribution in [3.05, 3.63) is 111 Å². The molecule has 0 saturated heterocycles. The van der Waals surface area contributed by atoms with Crippen LogP contribution in [0.2, 0.25) is 0 Å². The molecule has 0 fully saturated rings. The molecule has 0 aliphatic carbocycles. The zero-order valence-corrected chi connectivity index (χ0v) is 20.7. The third-order valence-electron chi connectivity index (χ3n) is 6.04. The second-order valence-electron chi connectivity index (χ2n) is 9.32. The van der Waals surface area contributed by atoms with Crippen LogP contribution in [0.15, 0.2) is 71.5 Å². The molecule has 39 heavy (non-hydrogen) atoms. The van der Waals surface area contributed by atoms with Crippen LogP contribution in [0.1, 0.15) is 30.5 Å². The van der Waals surface area contributed by atoms with Crippen molar-refractivity contribution in [1.82, 2.24) is 19.7 Å². The van der Waals surface area contributed by atoms with Crippen LogP contribution in [0.5, 0.6) is 0 Å². The average molecular weight is 548 g/mol. The van der Waals surface area contributed by atoms with E-state index in [9.17, 15) is 35.9 Å². The molecule has 4 aromatic rings.